The van der Waals surface area contributed by atoms with Gasteiger partial charge in [0.05, 0.1) is 0 Å². The first kappa shape index (κ1) is 19.9. The average molecular weight is 379 g/mol. The second-order valence-corrected chi connectivity index (χ2v) is 8.34. The molecule has 0 saturated carbocycles. The highest BCUT2D eigenvalue weighted by atomic mass is 32.2. The predicted molar refractivity (Wildman–Crippen MR) is 101 cm³/mol. The molecule has 1 unspecified atom stereocenters. The van der Waals surface area contributed by atoms with Gasteiger partial charge in [-0.15, -0.1) is 0 Å². The molecule has 7 nitrogen and oxygen atoms in total. The van der Waals surface area contributed by atoms with Crippen molar-refractivity contribution in [1.29, 1.82) is 0 Å². The van der Waals surface area contributed by atoms with Gasteiger partial charge < -0.3 is 14.4 Å². The van der Waals surface area contributed by atoms with E-state index in [1.807, 2.05) is 12.9 Å². The summed E-state index contributed by atoms with van der Waals surface area (Å²) in [7, 11) is -0.342. The second-order valence-electron chi connectivity index (χ2n) is 7.45. The average Bonchev–Trinajstić information content (AvgIpc) is 2.64. The summed E-state index contributed by atoms with van der Waals surface area (Å²) >= 11 is -2.26. The van der Waals surface area contributed by atoms with E-state index >= 15 is 0 Å². The van der Waals surface area contributed by atoms with Crippen LogP contribution in [-0.4, -0.2) is 85.2 Å². The van der Waals surface area contributed by atoms with Crippen molar-refractivity contribution >= 4 is 18.1 Å². The van der Waals surface area contributed by atoms with E-state index in [1.165, 1.54) is 0 Å². The minimum absolute atomic E-state index is 0.0927. The molecule has 0 aromatic carbocycles. The zero-order valence-corrected chi connectivity index (χ0v) is 16.4. The fourth-order valence-corrected chi connectivity index (χ4v) is 4.37. The summed E-state index contributed by atoms with van der Waals surface area (Å²) in [6.45, 7) is 9.95. The molecule has 3 heterocycles. The summed E-state index contributed by atoms with van der Waals surface area (Å²) in [5, 5.41) is 9.80. The van der Waals surface area contributed by atoms with Crippen molar-refractivity contribution in [2.24, 2.45) is 0 Å². The lowest BCUT2D eigenvalue weighted by Crippen LogP contribution is -2.57. The number of pyridine rings is 1. The molecule has 0 aliphatic carbocycles. The summed E-state index contributed by atoms with van der Waals surface area (Å²) < 4.78 is 21.8. The van der Waals surface area contributed by atoms with Crippen molar-refractivity contribution in [3.63, 3.8) is 0 Å². The fourth-order valence-electron chi connectivity index (χ4n) is 4.05. The molecule has 144 valence electrons. The van der Waals surface area contributed by atoms with Crippen LogP contribution in [0.25, 0.3) is 0 Å². The first-order valence-corrected chi connectivity index (χ1v) is 10.5. The Kier molecular flexibility index (Phi) is 6.82. The SMILES string of the molecule is CB(O)N1CCC(N2CCN(Cc3ccc(S(=O)[O-])nc3)[C@H](C)C2)CC1. The maximum absolute atomic E-state index is 10.9. The molecule has 0 amide bonds. The Morgan fingerprint density at radius 2 is 2.04 bits per heavy atom. The molecule has 2 aliphatic rings. The Labute approximate surface area is 158 Å². The van der Waals surface area contributed by atoms with Crippen LogP contribution in [0.1, 0.15) is 25.3 Å². The van der Waals surface area contributed by atoms with Crippen LogP contribution < -0.4 is 0 Å². The summed E-state index contributed by atoms with van der Waals surface area (Å²) in [6, 6.07) is 4.48. The Balaban J connectivity index is 1.50. The molecule has 1 aromatic heterocycles. The molecule has 2 aliphatic heterocycles. The Morgan fingerprint density at radius 3 is 2.58 bits per heavy atom. The van der Waals surface area contributed by atoms with E-state index in [9.17, 15) is 13.8 Å². The maximum Gasteiger partial charge on any atom is 0.376 e. The van der Waals surface area contributed by atoms with Crippen LogP contribution in [0.5, 0.6) is 0 Å². The Morgan fingerprint density at radius 1 is 1.31 bits per heavy atom. The molecular weight excluding hydrogens is 351 g/mol. The number of hydrogen-bond donors (Lipinski definition) is 1. The zero-order valence-electron chi connectivity index (χ0n) is 15.6. The molecule has 2 fully saturated rings. The number of hydrogen-bond acceptors (Lipinski definition) is 7. The first-order chi connectivity index (χ1) is 12.4. The lowest BCUT2D eigenvalue weighted by molar-refractivity contribution is 0.0339. The van der Waals surface area contributed by atoms with Crippen LogP contribution in [0.3, 0.4) is 0 Å². The number of rotatable bonds is 5. The minimum atomic E-state index is -2.26. The Hall–Kier alpha value is -0.835. The van der Waals surface area contributed by atoms with Gasteiger partial charge in [-0.1, -0.05) is 6.07 Å². The van der Waals surface area contributed by atoms with Gasteiger partial charge in [-0.2, -0.15) is 0 Å². The van der Waals surface area contributed by atoms with Gasteiger partial charge >= 0.3 is 7.05 Å². The van der Waals surface area contributed by atoms with Gasteiger partial charge in [-0.3, -0.25) is 14.0 Å². The van der Waals surface area contributed by atoms with Crippen molar-refractivity contribution in [2.75, 3.05) is 32.7 Å². The van der Waals surface area contributed by atoms with Crippen molar-refractivity contribution < 1.29 is 13.8 Å². The largest absolute Gasteiger partial charge is 0.767 e. The van der Waals surface area contributed by atoms with E-state index in [0.29, 0.717) is 12.1 Å². The molecule has 0 bridgehead atoms. The molecule has 0 radical (unpaired) electrons. The van der Waals surface area contributed by atoms with Crippen molar-refractivity contribution in [2.45, 2.75) is 50.2 Å². The molecule has 1 N–H and O–H groups in total. The summed E-state index contributed by atoms with van der Waals surface area (Å²) in [5.74, 6) is 0. The van der Waals surface area contributed by atoms with E-state index in [0.717, 1.165) is 57.7 Å². The van der Waals surface area contributed by atoms with E-state index < -0.39 is 11.1 Å². The molecule has 1 aromatic rings. The number of aromatic nitrogens is 1. The van der Waals surface area contributed by atoms with E-state index in [1.54, 1.807) is 12.3 Å². The Bertz CT molecular complexity index is 611. The van der Waals surface area contributed by atoms with Gasteiger partial charge in [0, 0.05) is 44.5 Å². The van der Waals surface area contributed by atoms with Gasteiger partial charge in [0.1, 0.15) is 5.03 Å². The molecular formula is C17H28BN4O3S-. The summed E-state index contributed by atoms with van der Waals surface area (Å²) in [4.78, 5) is 11.2. The lowest BCUT2D eigenvalue weighted by atomic mass is 9.82. The van der Waals surface area contributed by atoms with E-state index in [-0.39, 0.29) is 12.1 Å². The number of piperidine rings is 1. The van der Waals surface area contributed by atoms with E-state index in [4.69, 9.17) is 0 Å². The highest BCUT2D eigenvalue weighted by Gasteiger charge is 2.31. The van der Waals surface area contributed by atoms with Crippen LogP contribution in [0.2, 0.25) is 6.82 Å². The predicted octanol–water partition coefficient (Wildman–Crippen LogP) is 0.400. The van der Waals surface area contributed by atoms with Crippen LogP contribution in [0, 0.1) is 0 Å². The summed E-state index contributed by atoms with van der Waals surface area (Å²) in [5.41, 5.74) is 1.05. The van der Waals surface area contributed by atoms with Gasteiger partial charge in [0.2, 0.25) is 0 Å². The van der Waals surface area contributed by atoms with Crippen molar-refractivity contribution in [3.8, 4) is 0 Å². The van der Waals surface area contributed by atoms with Crippen LogP contribution in [0.4, 0.5) is 0 Å². The maximum atomic E-state index is 10.9. The number of nitrogens with zero attached hydrogens (tertiary/aromatic N) is 4. The van der Waals surface area contributed by atoms with Gasteiger partial charge in [-0.25, -0.2) is 4.98 Å². The monoisotopic (exact) mass is 379 g/mol. The molecule has 2 saturated heterocycles. The fraction of sp³-hybridized carbons (Fsp3) is 0.706. The van der Waals surface area contributed by atoms with Crippen LogP contribution >= 0.6 is 0 Å². The van der Waals surface area contributed by atoms with Crippen molar-refractivity contribution in [3.05, 3.63) is 23.9 Å². The third-order valence-electron chi connectivity index (χ3n) is 5.69. The highest BCUT2D eigenvalue weighted by Crippen LogP contribution is 2.22. The topological polar surface area (TPSA) is 83.0 Å². The van der Waals surface area contributed by atoms with Gasteiger partial charge in [0.15, 0.2) is 0 Å². The molecule has 26 heavy (non-hydrogen) atoms. The third-order valence-corrected chi connectivity index (χ3v) is 6.28. The third kappa shape index (κ3) is 4.91. The van der Waals surface area contributed by atoms with Gasteiger partial charge in [-0.05, 0) is 62.4 Å². The summed E-state index contributed by atoms with van der Waals surface area (Å²) in [6.07, 6.45) is 3.90. The molecule has 3 rings (SSSR count). The van der Waals surface area contributed by atoms with Crippen LogP contribution in [-0.2, 0) is 17.6 Å². The zero-order chi connectivity index (χ0) is 18.7. The number of piperazine rings is 1. The molecule has 2 atom stereocenters. The minimum Gasteiger partial charge on any atom is -0.767 e. The molecule has 0 spiro atoms. The highest BCUT2D eigenvalue weighted by molar-refractivity contribution is 7.79. The van der Waals surface area contributed by atoms with Gasteiger partial charge in [0.25, 0.3) is 0 Å². The van der Waals surface area contributed by atoms with Crippen molar-refractivity contribution in [1.82, 2.24) is 19.6 Å². The first-order valence-electron chi connectivity index (χ1n) is 9.38. The standard InChI is InChI=1S/C17H29BN4O3S/c1-14-12-21(16-5-7-22(8-6-16)18(2)23)10-9-20(14)13-15-3-4-17(19-11-15)26(24)25/h3-4,11,14,16,23H,5-10,12-13H2,1-2H3,(H,24,25)/p-1/t14-/m1/s1. The lowest BCUT2D eigenvalue weighted by Gasteiger charge is -2.45. The quantitative estimate of drug-likeness (QED) is 0.586. The van der Waals surface area contributed by atoms with Crippen LogP contribution in [0.15, 0.2) is 23.4 Å². The second kappa shape index (κ2) is 8.90. The molecule has 9 heteroatoms. The van der Waals surface area contributed by atoms with E-state index in [2.05, 4.69) is 26.5 Å². The smallest absolute Gasteiger partial charge is 0.376 e. The normalized spacial score (nSPS) is 25.3.